The van der Waals surface area contributed by atoms with Crippen LogP contribution >= 0.6 is 0 Å². The van der Waals surface area contributed by atoms with E-state index in [1.165, 1.54) is 6.07 Å². The first-order valence-electron chi connectivity index (χ1n) is 7.20. The minimum absolute atomic E-state index is 0.152. The van der Waals surface area contributed by atoms with E-state index in [0.717, 1.165) is 31.2 Å². The van der Waals surface area contributed by atoms with Gasteiger partial charge in [-0.25, -0.2) is 0 Å². The van der Waals surface area contributed by atoms with Gasteiger partial charge in [-0.05, 0) is 49.4 Å². The summed E-state index contributed by atoms with van der Waals surface area (Å²) in [6.07, 6.45) is 3.63. The minimum atomic E-state index is -0.780. The lowest BCUT2D eigenvalue weighted by Crippen LogP contribution is -2.45. The third-order valence-corrected chi connectivity index (χ3v) is 4.10. The first kappa shape index (κ1) is 14.9. The number of carbonyl (C=O) groups is 1. The fourth-order valence-electron chi connectivity index (χ4n) is 3.04. The molecule has 0 aliphatic heterocycles. The van der Waals surface area contributed by atoms with Gasteiger partial charge in [-0.15, -0.1) is 0 Å². The Bertz CT molecular complexity index is 500. The molecule has 0 saturated heterocycles. The molecule has 4 nitrogen and oxygen atoms in total. The number of carbonyl (C=O) groups excluding carboxylic acids is 1. The van der Waals surface area contributed by atoms with Crippen molar-refractivity contribution in [3.8, 4) is 5.75 Å². The molecule has 1 fully saturated rings. The normalized spacial score (nSPS) is 26.2. The molecule has 1 aromatic carbocycles. The third kappa shape index (κ3) is 3.51. The van der Waals surface area contributed by atoms with Crippen molar-refractivity contribution in [1.29, 1.82) is 0 Å². The average molecular weight is 277 g/mol. The van der Waals surface area contributed by atoms with E-state index in [1.54, 1.807) is 19.1 Å². The van der Waals surface area contributed by atoms with Crippen LogP contribution in [0.15, 0.2) is 18.2 Å². The second-order valence-electron chi connectivity index (χ2n) is 6.11. The van der Waals surface area contributed by atoms with Crippen LogP contribution in [0.4, 0.5) is 0 Å². The molecule has 2 atom stereocenters. The lowest BCUT2D eigenvalue weighted by atomic mass is 9.79. The molecule has 1 aromatic rings. The lowest BCUT2D eigenvalue weighted by Gasteiger charge is -2.35. The highest BCUT2D eigenvalue weighted by atomic mass is 16.3. The van der Waals surface area contributed by atoms with Crippen LogP contribution in [0.5, 0.6) is 5.75 Å². The standard InChI is InChI=1S/C16H23NO3/c1-11-4-3-7-16(20,9-11)10-17-15(19)14-6-5-13(18)8-12(14)2/h5-6,8,11,18,20H,3-4,7,9-10H2,1-2H3,(H,17,19). The summed E-state index contributed by atoms with van der Waals surface area (Å²) >= 11 is 0. The highest BCUT2D eigenvalue weighted by Gasteiger charge is 2.32. The molecule has 0 bridgehead atoms. The smallest absolute Gasteiger partial charge is 0.251 e. The molecule has 0 spiro atoms. The molecule has 1 amide bonds. The molecule has 0 heterocycles. The molecule has 20 heavy (non-hydrogen) atoms. The Labute approximate surface area is 119 Å². The van der Waals surface area contributed by atoms with Crippen LogP contribution in [0.3, 0.4) is 0 Å². The van der Waals surface area contributed by atoms with E-state index in [9.17, 15) is 15.0 Å². The van der Waals surface area contributed by atoms with Crippen LogP contribution in [0.25, 0.3) is 0 Å². The van der Waals surface area contributed by atoms with Crippen LogP contribution in [0.1, 0.15) is 48.5 Å². The zero-order chi connectivity index (χ0) is 14.8. The molecule has 110 valence electrons. The van der Waals surface area contributed by atoms with Crippen molar-refractivity contribution >= 4 is 5.91 Å². The predicted octanol–water partition coefficient (Wildman–Crippen LogP) is 2.37. The number of hydrogen-bond acceptors (Lipinski definition) is 3. The van der Waals surface area contributed by atoms with E-state index in [2.05, 4.69) is 12.2 Å². The summed E-state index contributed by atoms with van der Waals surface area (Å²) in [6.45, 7) is 4.21. The summed E-state index contributed by atoms with van der Waals surface area (Å²) in [4.78, 5) is 12.1. The molecular weight excluding hydrogens is 254 g/mol. The number of phenolic OH excluding ortho intramolecular Hbond substituents is 1. The van der Waals surface area contributed by atoms with E-state index in [-0.39, 0.29) is 18.2 Å². The van der Waals surface area contributed by atoms with Gasteiger partial charge in [-0.1, -0.05) is 19.8 Å². The number of phenols is 1. The number of nitrogens with one attached hydrogen (secondary N) is 1. The SMILES string of the molecule is Cc1cc(O)ccc1C(=O)NCC1(O)CCCC(C)C1. The summed E-state index contributed by atoms with van der Waals surface area (Å²) in [5.41, 5.74) is 0.486. The molecule has 0 radical (unpaired) electrons. The summed E-state index contributed by atoms with van der Waals surface area (Å²) in [5.74, 6) is 0.453. The second-order valence-corrected chi connectivity index (χ2v) is 6.11. The van der Waals surface area contributed by atoms with Gasteiger partial charge in [-0.3, -0.25) is 4.79 Å². The molecule has 3 N–H and O–H groups in total. The van der Waals surface area contributed by atoms with E-state index >= 15 is 0 Å². The third-order valence-electron chi connectivity index (χ3n) is 4.10. The Balaban J connectivity index is 1.98. The Morgan fingerprint density at radius 3 is 2.90 bits per heavy atom. The molecule has 2 rings (SSSR count). The van der Waals surface area contributed by atoms with E-state index in [4.69, 9.17) is 0 Å². The maximum Gasteiger partial charge on any atom is 0.251 e. The zero-order valence-corrected chi connectivity index (χ0v) is 12.1. The molecule has 0 aromatic heterocycles. The van der Waals surface area contributed by atoms with Crippen LogP contribution in [0.2, 0.25) is 0 Å². The first-order chi connectivity index (χ1) is 9.39. The van der Waals surface area contributed by atoms with Crippen molar-refractivity contribution in [1.82, 2.24) is 5.32 Å². The molecule has 4 heteroatoms. The van der Waals surface area contributed by atoms with Gasteiger partial charge in [0, 0.05) is 12.1 Å². The van der Waals surface area contributed by atoms with Crippen molar-refractivity contribution in [2.24, 2.45) is 5.92 Å². The number of aromatic hydroxyl groups is 1. The van der Waals surface area contributed by atoms with E-state index in [0.29, 0.717) is 11.5 Å². The molecule has 2 unspecified atom stereocenters. The van der Waals surface area contributed by atoms with Crippen LogP contribution in [-0.4, -0.2) is 28.3 Å². The monoisotopic (exact) mass is 277 g/mol. The number of aryl methyl sites for hydroxylation is 1. The Morgan fingerprint density at radius 2 is 2.25 bits per heavy atom. The molecular formula is C16H23NO3. The summed E-state index contributed by atoms with van der Waals surface area (Å²) in [7, 11) is 0. The van der Waals surface area contributed by atoms with Crippen LogP contribution < -0.4 is 5.32 Å². The molecule has 1 saturated carbocycles. The number of benzene rings is 1. The van der Waals surface area contributed by atoms with Crippen LogP contribution in [-0.2, 0) is 0 Å². The van der Waals surface area contributed by atoms with Gasteiger partial charge < -0.3 is 15.5 Å². The zero-order valence-electron chi connectivity index (χ0n) is 12.1. The Kier molecular flexibility index (Phi) is 4.33. The van der Waals surface area contributed by atoms with Gasteiger partial charge in [0.1, 0.15) is 5.75 Å². The fourth-order valence-corrected chi connectivity index (χ4v) is 3.04. The minimum Gasteiger partial charge on any atom is -0.508 e. The van der Waals surface area contributed by atoms with Gasteiger partial charge in [0.05, 0.1) is 5.60 Å². The van der Waals surface area contributed by atoms with Gasteiger partial charge in [-0.2, -0.15) is 0 Å². The second kappa shape index (κ2) is 5.83. The van der Waals surface area contributed by atoms with Crippen molar-refractivity contribution in [3.05, 3.63) is 29.3 Å². The largest absolute Gasteiger partial charge is 0.508 e. The predicted molar refractivity (Wildman–Crippen MR) is 77.8 cm³/mol. The Hall–Kier alpha value is -1.55. The first-order valence-corrected chi connectivity index (χ1v) is 7.20. The summed E-state index contributed by atoms with van der Waals surface area (Å²) in [5, 5.41) is 22.7. The van der Waals surface area contributed by atoms with Gasteiger partial charge in [0.15, 0.2) is 0 Å². The lowest BCUT2D eigenvalue weighted by molar-refractivity contribution is -0.0109. The highest BCUT2D eigenvalue weighted by molar-refractivity contribution is 5.95. The van der Waals surface area contributed by atoms with Gasteiger partial charge >= 0.3 is 0 Å². The van der Waals surface area contributed by atoms with Crippen molar-refractivity contribution in [3.63, 3.8) is 0 Å². The number of amides is 1. The van der Waals surface area contributed by atoms with Gasteiger partial charge in [0.25, 0.3) is 5.91 Å². The van der Waals surface area contributed by atoms with Crippen LogP contribution in [0, 0.1) is 12.8 Å². The quantitative estimate of drug-likeness (QED) is 0.794. The number of rotatable bonds is 3. The maximum atomic E-state index is 12.1. The molecule has 1 aliphatic rings. The number of hydrogen-bond donors (Lipinski definition) is 3. The maximum absolute atomic E-state index is 12.1. The fraction of sp³-hybridized carbons (Fsp3) is 0.562. The Morgan fingerprint density at radius 1 is 1.50 bits per heavy atom. The number of aliphatic hydroxyl groups is 1. The van der Waals surface area contributed by atoms with E-state index in [1.807, 2.05) is 0 Å². The average Bonchev–Trinajstić information content (AvgIpc) is 2.36. The molecule has 1 aliphatic carbocycles. The van der Waals surface area contributed by atoms with Crippen molar-refractivity contribution in [2.45, 2.75) is 45.1 Å². The van der Waals surface area contributed by atoms with E-state index < -0.39 is 5.60 Å². The van der Waals surface area contributed by atoms with Crippen molar-refractivity contribution in [2.75, 3.05) is 6.54 Å². The van der Waals surface area contributed by atoms with Crippen molar-refractivity contribution < 1.29 is 15.0 Å². The summed E-state index contributed by atoms with van der Waals surface area (Å²) in [6, 6.07) is 4.67. The summed E-state index contributed by atoms with van der Waals surface area (Å²) < 4.78 is 0. The van der Waals surface area contributed by atoms with Gasteiger partial charge in [0.2, 0.25) is 0 Å². The topological polar surface area (TPSA) is 69.6 Å². The highest BCUT2D eigenvalue weighted by Crippen LogP contribution is 2.31.